The standard InChI is InChI=1S/C19H17N3O3S3/c1-26-15-10-8-14(9-11-15)13-20-21-19(23)16-5-2-3-6-17(16)22-28(24,25)18-7-4-12-27-18/h2-13,22H,1H3,(H,21,23)/b20-13-. The molecular formula is C19H17N3O3S3. The summed E-state index contributed by atoms with van der Waals surface area (Å²) in [4.78, 5) is 13.6. The van der Waals surface area contributed by atoms with Crippen LogP contribution >= 0.6 is 23.1 Å². The van der Waals surface area contributed by atoms with Crippen LogP contribution in [0.2, 0.25) is 0 Å². The van der Waals surface area contributed by atoms with Gasteiger partial charge in [0.15, 0.2) is 0 Å². The molecule has 9 heteroatoms. The van der Waals surface area contributed by atoms with E-state index >= 15 is 0 Å². The van der Waals surface area contributed by atoms with E-state index in [0.717, 1.165) is 21.8 Å². The van der Waals surface area contributed by atoms with Crippen LogP contribution in [0.5, 0.6) is 0 Å². The molecule has 0 saturated carbocycles. The van der Waals surface area contributed by atoms with Gasteiger partial charge >= 0.3 is 0 Å². The number of para-hydroxylation sites is 1. The Morgan fingerprint density at radius 3 is 2.50 bits per heavy atom. The fourth-order valence-corrected chi connectivity index (χ4v) is 4.78. The highest BCUT2D eigenvalue weighted by Gasteiger charge is 2.19. The summed E-state index contributed by atoms with van der Waals surface area (Å²) in [7, 11) is -3.75. The topological polar surface area (TPSA) is 87.6 Å². The number of hydrogen-bond donors (Lipinski definition) is 2. The normalized spacial score (nSPS) is 11.5. The second-order valence-electron chi connectivity index (χ2n) is 5.56. The number of hydrogen-bond acceptors (Lipinski definition) is 6. The molecule has 0 aliphatic rings. The predicted molar refractivity (Wildman–Crippen MR) is 115 cm³/mol. The summed E-state index contributed by atoms with van der Waals surface area (Å²) in [5.74, 6) is -0.513. The van der Waals surface area contributed by atoms with Crippen LogP contribution < -0.4 is 10.1 Å². The van der Waals surface area contributed by atoms with Crippen LogP contribution in [0, 0.1) is 0 Å². The third-order valence-corrected chi connectivity index (χ3v) is 7.18. The molecule has 2 N–H and O–H groups in total. The first kappa shape index (κ1) is 20.1. The van der Waals surface area contributed by atoms with Gasteiger partial charge in [0.1, 0.15) is 4.21 Å². The van der Waals surface area contributed by atoms with Crippen molar-refractivity contribution < 1.29 is 13.2 Å². The molecule has 3 aromatic rings. The lowest BCUT2D eigenvalue weighted by molar-refractivity contribution is 0.0956. The summed E-state index contributed by atoms with van der Waals surface area (Å²) in [5.41, 5.74) is 3.63. The minimum absolute atomic E-state index is 0.175. The minimum atomic E-state index is -3.75. The van der Waals surface area contributed by atoms with Gasteiger partial charge < -0.3 is 0 Å². The van der Waals surface area contributed by atoms with Crippen molar-refractivity contribution in [3.05, 3.63) is 77.2 Å². The molecule has 0 spiro atoms. The summed E-state index contributed by atoms with van der Waals surface area (Å²) < 4.78 is 27.5. The number of rotatable bonds is 7. The highest BCUT2D eigenvalue weighted by atomic mass is 32.2. The number of thiophene rings is 1. The maximum absolute atomic E-state index is 12.5. The van der Waals surface area contributed by atoms with Gasteiger partial charge in [0, 0.05) is 4.90 Å². The lowest BCUT2D eigenvalue weighted by Gasteiger charge is -2.10. The Hall–Kier alpha value is -2.62. The van der Waals surface area contributed by atoms with Gasteiger partial charge in [-0.15, -0.1) is 23.1 Å². The van der Waals surface area contributed by atoms with Crippen molar-refractivity contribution in [1.29, 1.82) is 0 Å². The number of nitrogens with one attached hydrogen (secondary N) is 2. The largest absolute Gasteiger partial charge is 0.278 e. The zero-order chi connectivity index (χ0) is 20.0. The summed E-state index contributed by atoms with van der Waals surface area (Å²) in [6.07, 6.45) is 3.52. The van der Waals surface area contributed by atoms with E-state index in [9.17, 15) is 13.2 Å². The Morgan fingerprint density at radius 1 is 1.07 bits per heavy atom. The first-order valence-electron chi connectivity index (χ1n) is 8.12. The summed E-state index contributed by atoms with van der Waals surface area (Å²) in [6.45, 7) is 0. The molecule has 0 fully saturated rings. The number of sulfonamides is 1. The second-order valence-corrected chi connectivity index (χ2v) is 9.29. The third kappa shape index (κ3) is 5.00. The van der Waals surface area contributed by atoms with Gasteiger partial charge in [-0.1, -0.05) is 30.3 Å². The maximum Gasteiger partial charge on any atom is 0.273 e. The molecule has 1 heterocycles. The smallest absolute Gasteiger partial charge is 0.273 e. The van der Waals surface area contributed by atoms with Gasteiger partial charge in [0.25, 0.3) is 15.9 Å². The number of benzene rings is 2. The molecule has 0 atom stereocenters. The van der Waals surface area contributed by atoms with Gasteiger partial charge in [-0.2, -0.15) is 5.10 Å². The van der Waals surface area contributed by atoms with Crippen LogP contribution in [-0.4, -0.2) is 26.8 Å². The number of carbonyl (C=O) groups is 1. The van der Waals surface area contributed by atoms with Crippen LogP contribution in [0.15, 0.2) is 80.2 Å². The monoisotopic (exact) mass is 431 g/mol. The van der Waals surface area contributed by atoms with E-state index in [1.165, 1.54) is 24.4 Å². The van der Waals surface area contributed by atoms with E-state index in [0.29, 0.717) is 0 Å². The average Bonchev–Trinajstić information content (AvgIpc) is 3.24. The van der Waals surface area contributed by atoms with Crippen molar-refractivity contribution in [3.8, 4) is 0 Å². The molecule has 0 bridgehead atoms. The van der Waals surface area contributed by atoms with E-state index < -0.39 is 15.9 Å². The fourth-order valence-electron chi connectivity index (χ4n) is 2.30. The van der Waals surface area contributed by atoms with E-state index in [1.54, 1.807) is 35.3 Å². The molecule has 0 aliphatic carbocycles. The Kier molecular flexibility index (Phi) is 6.50. The molecule has 0 aliphatic heterocycles. The van der Waals surface area contributed by atoms with Crippen molar-refractivity contribution in [2.75, 3.05) is 11.0 Å². The average molecular weight is 432 g/mol. The molecule has 6 nitrogen and oxygen atoms in total. The molecule has 28 heavy (non-hydrogen) atoms. The zero-order valence-corrected chi connectivity index (χ0v) is 17.3. The SMILES string of the molecule is CSc1ccc(/C=N\NC(=O)c2ccccc2NS(=O)(=O)c2cccs2)cc1. The van der Waals surface area contributed by atoms with Crippen molar-refractivity contribution in [1.82, 2.24) is 5.43 Å². The molecule has 0 radical (unpaired) electrons. The summed E-state index contributed by atoms with van der Waals surface area (Å²) in [6, 6.07) is 17.2. The van der Waals surface area contributed by atoms with Crippen LogP contribution in [0.25, 0.3) is 0 Å². The van der Waals surface area contributed by atoms with Gasteiger partial charge in [0.05, 0.1) is 17.5 Å². The first-order chi connectivity index (χ1) is 13.5. The number of hydrazone groups is 1. The lowest BCUT2D eigenvalue weighted by atomic mass is 10.2. The van der Waals surface area contributed by atoms with Gasteiger partial charge in [-0.25, -0.2) is 13.8 Å². The molecule has 0 saturated heterocycles. The van der Waals surface area contributed by atoms with E-state index in [-0.39, 0.29) is 15.5 Å². The van der Waals surface area contributed by atoms with E-state index in [2.05, 4.69) is 15.2 Å². The van der Waals surface area contributed by atoms with Crippen molar-refractivity contribution in [2.45, 2.75) is 9.10 Å². The number of carbonyl (C=O) groups excluding carboxylic acids is 1. The molecule has 2 aromatic carbocycles. The van der Waals surface area contributed by atoms with Gasteiger partial charge in [-0.3, -0.25) is 9.52 Å². The Balaban J connectivity index is 1.72. The first-order valence-corrected chi connectivity index (χ1v) is 11.7. The summed E-state index contributed by atoms with van der Waals surface area (Å²) in [5, 5.41) is 5.63. The fraction of sp³-hybridized carbons (Fsp3) is 0.0526. The Bertz CT molecular complexity index is 1080. The number of amides is 1. The molecular weight excluding hydrogens is 414 g/mol. The molecule has 1 amide bonds. The predicted octanol–water partition coefficient (Wildman–Crippen LogP) is 4.03. The van der Waals surface area contributed by atoms with Crippen molar-refractivity contribution >= 4 is 50.9 Å². The Morgan fingerprint density at radius 2 is 1.82 bits per heavy atom. The van der Waals surface area contributed by atoms with E-state index in [1.807, 2.05) is 30.5 Å². The van der Waals surface area contributed by atoms with Crippen LogP contribution in [0.4, 0.5) is 5.69 Å². The maximum atomic E-state index is 12.5. The zero-order valence-electron chi connectivity index (χ0n) is 14.8. The highest BCUT2D eigenvalue weighted by molar-refractivity contribution is 7.98. The number of anilines is 1. The number of nitrogens with zero attached hydrogens (tertiary/aromatic N) is 1. The molecule has 1 aromatic heterocycles. The Labute approximate surface area is 171 Å². The second kappa shape index (κ2) is 9.05. The van der Waals surface area contributed by atoms with Gasteiger partial charge in [0.2, 0.25) is 0 Å². The van der Waals surface area contributed by atoms with E-state index in [4.69, 9.17) is 0 Å². The highest BCUT2D eigenvalue weighted by Crippen LogP contribution is 2.22. The number of thioether (sulfide) groups is 1. The molecule has 3 rings (SSSR count). The molecule has 144 valence electrons. The van der Waals surface area contributed by atoms with Crippen LogP contribution in [-0.2, 0) is 10.0 Å². The molecule has 0 unspecified atom stereocenters. The lowest BCUT2D eigenvalue weighted by Crippen LogP contribution is -2.21. The third-order valence-electron chi connectivity index (χ3n) is 3.67. The quantitative estimate of drug-likeness (QED) is 0.336. The van der Waals surface area contributed by atoms with Crippen molar-refractivity contribution in [2.24, 2.45) is 5.10 Å². The summed E-state index contributed by atoms with van der Waals surface area (Å²) >= 11 is 2.74. The van der Waals surface area contributed by atoms with Gasteiger partial charge in [-0.05, 0) is 47.5 Å². The van der Waals surface area contributed by atoms with Crippen molar-refractivity contribution in [3.63, 3.8) is 0 Å². The minimum Gasteiger partial charge on any atom is -0.278 e. The van der Waals surface area contributed by atoms with Crippen LogP contribution in [0.3, 0.4) is 0 Å². The van der Waals surface area contributed by atoms with Crippen LogP contribution in [0.1, 0.15) is 15.9 Å².